The Labute approximate surface area is 98.4 Å². The second kappa shape index (κ2) is 3.83. The lowest BCUT2D eigenvalue weighted by molar-refractivity contribution is 0.397. The van der Waals surface area contributed by atoms with Gasteiger partial charge in [-0.2, -0.15) is 10.4 Å². The minimum atomic E-state index is -0.361. The largest absolute Gasteiger partial charge is 0.255 e. The molecular formula is C12H9N5. The molecule has 5 heteroatoms. The van der Waals surface area contributed by atoms with E-state index < -0.39 is 0 Å². The van der Waals surface area contributed by atoms with Gasteiger partial charge in [0.05, 0.1) is 11.8 Å². The van der Waals surface area contributed by atoms with Crippen molar-refractivity contribution < 1.29 is 0 Å². The summed E-state index contributed by atoms with van der Waals surface area (Å²) in [4.78, 5) is 8.33. The Morgan fingerprint density at radius 2 is 2.29 bits per heavy atom. The third-order valence-electron chi connectivity index (χ3n) is 2.71. The van der Waals surface area contributed by atoms with E-state index in [9.17, 15) is 0 Å². The van der Waals surface area contributed by atoms with E-state index in [1.54, 1.807) is 17.5 Å². The van der Waals surface area contributed by atoms with Crippen molar-refractivity contribution in [2.24, 2.45) is 10.1 Å². The van der Waals surface area contributed by atoms with Crippen molar-refractivity contribution in [2.75, 3.05) is 0 Å². The highest BCUT2D eigenvalue weighted by molar-refractivity contribution is 6.08. The molecule has 0 aromatic carbocycles. The molecule has 1 aromatic heterocycles. The standard InChI is InChI=1S/C12H9N5/c13-7-11-12-5-4-10(16-17(12)8-15-11)9-3-1-2-6-14-9/h1-6,8,11-12H. The molecule has 0 amide bonds. The fraction of sp³-hybridized carbons (Fsp3) is 0.167. The summed E-state index contributed by atoms with van der Waals surface area (Å²) in [7, 11) is 0. The summed E-state index contributed by atoms with van der Waals surface area (Å²) in [5, 5.41) is 15.0. The molecular weight excluding hydrogens is 214 g/mol. The van der Waals surface area contributed by atoms with Crippen LogP contribution in [-0.2, 0) is 0 Å². The number of aromatic nitrogens is 1. The van der Waals surface area contributed by atoms with Crippen molar-refractivity contribution in [3.05, 3.63) is 42.2 Å². The second-order valence-corrected chi connectivity index (χ2v) is 3.77. The van der Waals surface area contributed by atoms with Crippen LogP contribution in [0.3, 0.4) is 0 Å². The van der Waals surface area contributed by atoms with Gasteiger partial charge in [-0.05, 0) is 18.2 Å². The maximum absolute atomic E-state index is 8.90. The van der Waals surface area contributed by atoms with Crippen LogP contribution in [0.5, 0.6) is 0 Å². The van der Waals surface area contributed by atoms with Crippen molar-refractivity contribution in [1.29, 1.82) is 5.26 Å². The average Bonchev–Trinajstić information content (AvgIpc) is 2.81. The van der Waals surface area contributed by atoms with Crippen LogP contribution in [-0.4, -0.2) is 34.1 Å². The lowest BCUT2D eigenvalue weighted by Crippen LogP contribution is -2.33. The number of nitriles is 1. The molecule has 3 heterocycles. The number of rotatable bonds is 1. The average molecular weight is 223 g/mol. The summed E-state index contributed by atoms with van der Waals surface area (Å²) < 4.78 is 0. The van der Waals surface area contributed by atoms with Crippen LogP contribution in [0.4, 0.5) is 0 Å². The number of fused-ring (bicyclic) bond motifs is 1. The van der Waals surface area contributed by atoms with Gasteiger partial charge in [-0.1, -0.05) is 12.1 Å². The number of aliphatic imine (C=N–C) groups is 1. The summed E-state index contributed by atoms with van der Waals surface area (Å²) in [6.07, 6.45) is 7.17. The Morgan fingerprint density at radius 3 is 3.06 bits per heavy atom. The summed E-state index contributed by atoms with van der Waals surface area (Å²) >= 11 is 0. The first-order chi connectivity index (χ1) is 8.38. The number of nitrogens with zero attached hydrogens (tertiary/aromatic N) is 5. The van der Waals surface area contributed by atoms with Crippen LogP contribution in [0.15, 0.2) is 46.6 Å². The lowest BCUT2D eigenvalue weighted by Gasteiger charge is -2.22. The Kier molecular flexibility index (Phi) is 2.19. The van der Waals surface area contributed by atoms with E-state index in [1.807, 2.05) is 30.4 Å². The first kappa shape index (κ1) is 9.73. The Balaban J connectivity index is 1.91. The fourth-order valence-corrected chi connectivity index (χ4v) is 1.84. The zero-order valence-electron chi connectivity index (χ0n) is 8.93. The molecule has 0 N–H and O–H groups in total. The van der Waals surface area contributed by atoms with E-state index >= 15 is 0 Å². The predicted octanol–water partition coefficient (Wildman–Crippen LogP) is 0.960. The van der Waals surface area contributed by atoms with Crippen LogP contribution < -0.4 is 0 Å². The van der Waals surface area contributed by atoms with E-state index in [0.717, 1.165) is 11.4 Å². The van der Waals surface area contributed by atoms with E-state index in [1.165, 1.54) is 0 Å². The topological polar surface area (TPSA) is 64.6 Å². The van der Waals surface area contributed by atoms with Crippen molar-refractivity contribution in [1.82, 2.24) is 9.99 Å². The molecule has 2 aliphatic rings. The zero-order chi connectivity index (χ0) is 11.7. The molecule has 1 aromatic rings. The summed E-state index contributed by atoms with van der Waals surface area (Å²) in [5.74, 6) is 0. The summed E-state index contributed by atoms with van der Waals surface area (Å²) in [6.45, 7) is 0. The van der Waals surface area contributed by atoms with Crippen LogP contribution in [0.2, 0.25) is 0 Å². The van der Waals surface area contributed by atoms with Crippen molar-refractivity contribution in [3.8, 4) is 6.07 Å². The molecule has 0 saturated carbocycles. The number of pyridine rings is 1. The van der Waals surface area contributed by atoms with Crippen molar-refractivity contribution >= 4 is 12.1 Å². The van der Waals surface area contributed by atoms with Gasteiger partial charge in [0.2, 0.25) is 0 Å². The molecule has 5 nitrogen and oxygen atoms in total. The minimum absolute atomic E-state index is 0.0764. The number of allylic oxidation sites excluding steroid dienone is 1. The van der Waals surface area contributed by atoms with Crippen LogP contribution >= 0.6 is 0 Å². The smallest absolute Gasteiger partial charge is 0.164 e. The molecule has 0 aliphatic carbocycles. The fourth-order valence-electron chi connectivity index (χ4n) is 1.84. The van der Waals surface area contributed by atoms with Gasteiger partial charge < -0.3 is 0 Å². The van der Waals surface area contributed by atoms with Gasteiger partial charge in [0.1, 0.15) is 18.1 Å². The molecule has 2 aliphatic heterocycles. The number of hydrogen-bond acceptors (Lipinski definition) is 5. The first-order valence-corrected chi connectivity index (χ1v) is 5.28. The Bertz CT molecular complexity index is 552. The van der Waals surface area contributed by atoms with Gasteiger partial charge in [-0.15, -0.1) is 0 Å². The quantitative estimate of drug-likeness (QED) is 0.712. The molecule has 3 rings (SSSR count). The third-order valence-corrected chi connectivity index (χ3v) is 2.71. The highest BCUT2D eigenvalue weighted by Crippen LogP contribution is 2.19. The number of hydrogen-bond donors (Lipinski definition) is 0. The van der Waals surface area contributed by atoms with Crippen molar-refractivity contribution in [3.63, 3.8) is 0 Å². The third kappa shape index (κ3) is 1.60. The van der Waals surface area contributed by atoms with Crippen LogP contribution in [0.25, 0.3) is 0 Å². The minimum Gasteiger partial charge on any atom is -0.255 e. The zero-order valence-corrected chi connectivity index (χ0v) is 8.93. The monoisotopic (exact) mass is 223 g/mol. The molecule has 0 bridgehead atoms. The van der Waals surface area contributed by atoms with Gasteiger partial charge in [0, 0.05) is 6.20 Å². The number of hydrazone groups is 1. The Morgan fingerprint density at radius 1 is 1.35 bits per heavy atom. The van der Waals surface area contributed by atoms with E-state index in [0.29, 0.717) is 0 Å². The maximum Gasteiger partial charge on any atom is 0.164 e. The molecule has 2 unspecified atom stereocenters. The van der Waals surface area contributed by atoms with Gasteiger partial charge in [-0.3, -0.25) is 9.98 Å². The SMILES string of the molecule is N#CC1N=CN2N=C(c3ccccn3)C=CC12. The summed E-state index contributed by atoms with van der Waals surface area (Å²) in [6, 6.07) is 7.39. The predicted molar refractivity (Wildman–Crippen MR) is 63.4 cm³/mol. The van der Waals surface area contributed by atoms with Crippen LogP contribution in [0.1, 0.15) is 5.69 Å². The van der Waals surface area contributed by atoms with Gasteiger partial charge in [0.15, 0.2) is 6.04 Å². The molecule has 82 valence electrons. The molecule has 0 saturated heterocycles. The van der Waals surface area contributed by atoms with Gasteiger partial charge in [0.25, 0.3) is 0 Å². The molecule has 0 spiro atoms. The van der Waals surface area contributed by atoms with Gasteiger partial charge >= 0.3 is 0 Å². The van der Waals surface area contributed by atoms with E-state index in [4.69, 9.17) is 5.26 Å². The maximum atomic E-state index is 8.90. The molecule has 17 heavy (non-hydrogen) atoms. The van der Waals surface area contributed by atoms with Crippen molar-refractivity contribution in [2.45, 2.75) is 12.1 Å². The van der Waals surface area contributed by atoms with Gasteiger partial charge in [-0.25, -0.2) is 5.01 Å². The lowest BCUT2D eigenvalue weighted by atomic mass is 10.1. The Hall–Kier alpha value is -2.48. The molecule has 2 atom stereocenters. The normalized spacial score (nSPS) is 25.4. The summed E-state index contributed by atoms with van der Waals surface area (Å²) in [5.41, 5.74) is 1.60. The highest BCUT2D eigenvalue weighted by atomic mass is 15.5. The van der Waals surface area contributed by atoms with E-state index in [-0.39, 0.29) is 12.1 Å². The van der Waals surface area contributed by atoms with E-state index in [2.05, 4.69) is 21.1 Å². The molecule has 0 radical (unpaired) electrons. The first-order valence-electron chi connectivity index (χ1n) is 5.28. The molecule has 0 fully saturated rings. The second-order valence-electron chi connectivity index (χ2n) is 3.77. The van der Waals surface area contributed by atoms with Crippen LogP contribution in [0, 0.1) is 11.3 Å². The highest BCUT2D eigenvalue weighted by Gasteiger charge is 2.31.